The van der Waals surface area contributed by atoms with E-state index in [1.54, 1.807) is 0 Å². The minimum Gasteiger partial charge on any atom is -0.243 e. The molecule has 0 bridgehead atoms. The maximum absolute atomic E-state index is 10.3. The van der Waals surface area contributed by atoms with E-state index >= 15 is 0 Å². The summed E-state index contributed by atoms with van der Waals surface area (Å²) in [6, 6.07) is 0. The first-order valence-electron chi connectivity index (χ1n) is 2.83. The van der Waals surface area contributed by atoms with Gasteiger partial charge in [0, 0.05) is 5.75 Å². The van der Waals surface area contributed by atoms with Crippen LogP contribution in [0.5, 0.6) is 0 Å². The fourth-order valence-electron chi connectivity index (χ4n) is 0.666. The molecule has 1 atom stereocenters. The average molecular weight is 153 g/mol. The third-order valence-electron chi connectivity index (χ3n) is 1.38. The third-order valence-corrected chi connectivity index (χ3v) is 2.40. The van der Waals surface area contributed by atoms with Gasteiger partial charge < -0.3 is 0 Å². The van der Waals surface area contributed by atoms with Crippen LogP contribution in [0.3, 0.4) is 0 Å². The zero-order chi connectivity index (χ0) is 5.98. The Morgan fingerprint density at radius 2 is 2.25 bits per heavy atom. The number of hydrogen-bond donors (Lipinski definition) is 0. The molecule has 0 aromatic carbocycles. The first-order valence-corrected chi connectivity index (χ1v) is 4.98. The Hall–Kier alpha value is 0.440. The first-order chi connectivity index (χ1) is 3.79. The molecular weight excluding hydrogens is 144 g/mol. The zero-order valence-corrected chi connectivity index (χ0v) is 6.17. The second-order valence-electron chi connectivity index (χ2n) is 2.23. The molecule has 3 heteroatoms. The van der Waals surface area contributed by atoms with Crippen LogP contribution in [0.4, 0.5) is 0 Å². The van der Waals surface area contributed by atoms with Crippen molar-refractivity contribution in [2.24, 2.45) is 5.92 Å². The summed E-state index contributed by atoms with van der Waals surface area (Å²) >= 11 is 0. The SMILES string of the molecule is O=S(Cl)CCC1CC1. The van der Waals surface area contributed by atoms with Crippen molar-refractivity contribution < 1.29 is 4.21 Å². The standard InChI is InChI=1S/C5H9ClOS/c6-8(7)4-3-5-1-2-5/h5H,1-4H2. The van der Waals surface area contributed by atoms with Crippen molar-refractivity contribution in [3.05, 3.63) is 0 Å². The molecule has 1 aliphatic carbocycles. The molecule has 1 nitrogen and oxygen atoms in total. The van der Waals surface area contributed by atoms with Crippen molar-refractivity contribution in [2.45, 2.75) is 19.3 Å². The fourth-order valence-corrected chi connectivity index (χ4v) is 1.45. The van der Waals surface area contributed by atoms with Crippen LogP contribution in [0.1, 0.15) is 19.3 Å². The minimum atomic E-state index is -1.07. The normalized spacial score (nSPS) is 23.1. The van der Waals surface area contributed by atoms with E-state index in [4.69, 9.17) is 10.7 Å². The number of hydrogen-bond acceptors (Lipinski definition) is 1. The van der Waals surface area contributed by atoms with Gasteiger partial charge in [0.1, 0.15) is 10.0 Å². The largest absolute Gasteiger partial charge is 0.243 e. The highest BCUT2D eigenvalue weighted by Crippen LogP contribution is 2.32. The van der Waals surface area contributed by atoms with Gasteiger partial charge in [-0.3, -0.25) is 0 Å². The van der Waals surface area contributed by atoms with Crippen LogP contribution in [-0.4, -0.2) is 9.96 Å². The van der Waals surface area contributed by atoms with E-state index in [-0.39, 0.29) is 0 Å². The molecule has 0 aliphatic heterocycles. The molecule has 1 rings (SSSR count). The first kappa shape index (κ1) is 6.56. The van der Waals surface area contributed by atoms with Gasteiger partial charge in [-0.05, 0) is 23.0 Å². The monoisotopic (exact) mass is 152 g/mol. The molecular formula is C5H9ClOS. The summed E-state index contributed by atoms with van der Waals surface area (Å²) in [5.74, 6) is 1.55. The fraction of sp³-hybridized carbons (Fsp3) is 1.00. The van der Waals surface area contributed by atoms with Gasteiger partial charge in [-0.2, -0.15) is 0 Å². The predicted octanol–water partition coefficient (Wildman–Crippen LogP) is 1.69. The maximum atomic E-state index is 10.3. The zero-order valence-electron chi connectivity index (χ0n) is 4.60. The summed E-state index contributed by atoms with van der Waals surface area (Å²) in [6.45, 7) is 0. The lowest BCUT2D eigenvalue weighted by Crippen LogP contribution is -1.88. The lowest BCUT2D eigenvalue weighted by molar-refractivity contribution is 0.685. The third kappa shape index (κ3) is 2.68. The molecule has 0 aromatic rings. The van der Waals surface area contributed by atoms with E-state index in [1.165, 1.54) is 12.8 Å². The van der Waals surface area contributed by atoms with Gasteiger partial charge in [-0.1, -0.05) is 12.8 Å². The van der Waals surface area contributed by atoms with Crippen molar-refractivity contribution in [3.8, 4) is 0 Å². The average Bonchev–Trinajstić information content (AvgIpc) is 2.41. The Morgan fingerprint density at radius 3 is 2.62 bits per heavy atom. The summed E-state index contributed by atoms with van der Waals surface area (Å²) in [6.07, 6.45) is 3.72. The van der Waals surface area contributed by atoms with Gasteiger partial charge in [0.25, 0.3) is 0 Å². The van der Waals surface area contributed by atoms with Crippen LogP contribution < -0.4 is 0 Å². The van der Waals surface area contributed by atoms with Gasteiger partial charge in [-0.25, -0.2) is 4.21 Å². The van der Waals surface area contributed by atoms with Gasteiger partial charge in [0.05, 0.1) is 0 Å². The minimum absolute atomic E-state index is 0.687. The predicted molar refractivity (Wildman–Crippen MR) is 36.2 cm³/mol. The van der Waals surface area contributed by atoms with Gasteiger partial charge in [-0.15, -0.1) is 0 Å². The molecule has 8 heavy (non-hydrogen) atoms. The highest BCUT2D eigenvalue weighted by Gasteiger charge is 2.20. The number of halogens is 1. The Kier molecular flexibility index (Phi) is 2.32. The summed E-state index contributed by atoms with van der Waals surface area (Å²) in [7, 11) is 4.15. The van der Waals surface area contributed by atoms with Gasteiger partial charge in [0.15, 0.2) is 0 Å². The highest BCUT2D eigenvalue weighted by atomic mass is 35.7. The number of rotatable bonds is 3. The molecule has 0 aromatic heterocycles. The molecule has 0 N–H and O–H groups in total. The van der Waals surface area contributed by atoms with Crippen LogP contribution in [-0.2, 0) is 10.0 Å². The molecule has 1 aliphatic rings. The molecule has 1 fully saturated rings. The van der Waals surface area contributed by atoms with Crippen LogP contribution in [0.15, 0.2) is 0 Å². The Balaban J connectivity index is 1.95. The van der Waals surface area contributed by atoms with Crippen molar-refractivity contribution in [1.82, 2.24) is 0 Å². The molecule has 0 amide bonds. The van der Waals surface area contributed by atoms with Gasteiger partial charge in [0.2, 0.25) is 0 Å². The summed E-state index contributed by atoms with van der Waals surface area (Å²) in [4.78, 5) is 0. The van der Waals surface area contributed by atoms with Crippen molar-refractivity contribution in [3.63, 3.8) is 0 Å². The molecule has 0 saturated heterocycles. The van der Waals surface area contributed by atoms with Crippen molar-refractivity contribution in [2.75, 3.05) is 5.75 Å². The lowest BCUT2D eigenvalue weighted by atomic mass is 10.3. The summed E-state index contributed by atoms with van der Waals surface area (Å²) in [5, 5.41) is 0. The Bertz CT molecular complexity index is 101. The van der Waals surface area contributed by atoms with Crippen molar-refractivity contribution >= 4 is 20.7 Å². The van der Waals surface area contributed by atoms with E-state index in [0.29, 0.717) is 5.75 Å². The smallest absolute Gasteiger partial charge is 0.114 e. The molecule has 1 saturated carbocycles. The van der Waals surface area contributed by atoms with E-state index in [0.717, 1.165) is 12.3 Å². The molecule has 1 unspecified atom stereocenters. The Labute approximate surface area is 56.4 Å². The van der Waals surface area contributed by atoms with Crippen LogP contribution >= 0.6 is 10.7 Å². The van der Waals surface area contributed by atoms with E-state index in [1.807, 2.05) is 0 Å². The maximum Gasteiger partial charge on any atom is 0.114 e. The topological polar surface area (TPSA) is 17.1 Å². The van der Waals surface area contributed by atoms with Crippen LogP contribution in [0.25, 0.3) is 0 Å². The second kappa shape index (κ2) is 2.83. The van der Waals surface area contributed by atoms with E-state index in [9.17, 15) is 4.21 Å². The molecule has 48 valence electrons. The lowest BCUT2D eigenvalue weighted by Gasteiger charge is -1.88. The van der Waals surface area contributed by atoms with Crippen LogP contribution in [0.2, 0.25) is 0 Å². The molecule has 0 spiro atoms. The summed E-state index contributed by atoms with van der Waals surface area (Å²) < 4.78 is 10.3. The van der Waals surface area contributed by atoms with E-state index < -0.39 is 10.0 Å². The highest BCUT2D eigenvalue weighted by molar-refractivity contribution is 8.08. The van der Waals surface area contributed by atoms with Gasteiger partial charge >= 0.3 is 0 Å². The second-order valence-corrected chi connectivity index (χ2v) is 4.25. The molecule has 0 radical (unpaired) electrons. The van der Waals surface area contributed by atoms with Crippen LogP contribution in [0, 0.1) is 5.92 Å². The summed E-state index contributed by atoms with van der Waals surface area (Å²) in [5.41, 5.74) is 0. The van der Waals surface area contributed by atoms with Crippen molar-refractivity contribution in [1.29, 1.82) is 0 Å². The molecule has 0 heterocycles. The quantitative estimate of drug-likeness (QED) is 0.563. The Morgan fingerprint density at radius 1 is 1.62 bits per heavy atom. The van der Waals surface area contributed by atoms with E-state index in [2.05, 4.69) is 0 Å².